The number of carbonyl (C=O) groups excluding carboxylic acids is 1. The number of nitrogens with one attached hydrogen (secondary N) is 2. The summed E-state index contributed by atoms with van der Waals surface area (Å²) in [5.41, 5.74) is 2.23. The first-order valence-electron chi connectivity index (χ1n) is 10.3. The van der Waals surface area contributed by atoms with Crippen molar-refractivity contribution >= 4 is 46.6 Å². The minimum absolute atomic E-state index is 0. The second-order valence-electron chi connectivity index (χ2n) is 7.59. The minimum Gasteiger partial charge on any atom is -0.497 e. The molecule has 0 fully saturated rings. The Morgan fingerprint density at radius 1 is 1.03 bits per heavy atom. The largest absolute Gasteiger partial charge is 0.497 e. The van der Waals surface area contributed by atoms with Crippen LogP contribution < -0.4 is 15.4 Å². The minimum atomic E-state index is -0.0169. The quantitative estimate of drug-likeness (QED) is 0.263. The smallest absolute Gasteiger partial charge is 0.241 e. The molecule has 0 radical (unpaired) electrons. The zero-order valence-electron chi connectivity index (χ0n) is 19.0. The highest BCUT2D eigenvalue weighted by Gasteiger charge is 2.13. The van der Waals surface area contributed by atoms with Gasteiger partial charge in [0.15, 0.2) is 5.96 Å². The number of halogens is 1. The zero-order valence-corrected chi connectivity index (χ0v) is 21.3. The Hall–Kier alpha value is -2.81. The van der Waals surface area contributed by atoms with Gasteiger partial charge in [-0.25, -0.2) is 4.99 Å². The van der Waals surface area contributed by atoms with Crippen LogP contribution in [0.4, 0.5) is 0 Å². The van der Waals surface area contributed by atoms with E-state index < -0.39 is 0 Å². The Labute approximate surface area is 207 Å². The maximum absolute atomic E-state index is 12.1. The van der Waals surface area contributed by atoms with Gasteiger partial charge in [-0.15, -0.1) is 24.0 Å². The van der Waals surface area contributed by atoms with Crippen molar-refractivity contribution in [3.05, 3.63) is 77.9 Å². The first-order chi connectivity index (χ1) is 15.0. The van der Waals surface area contributed by atoms with Crippen molar-refractivity contribution < 1.29 is 9.53 Å². The van der Waals surface area contributed by atoms with Gasteiger partial charge >= 0.3 is 0 Å². The second-order valence-corrected chi connectivity index (χ2v) is 7.59. The van der Waals surface area contributed by atoms with Gasteiger partial charge in [0.1, 0.15) is 5.75 Å². The van der Waals surface area contributed by atoms with Crippen molar-refractivity contribution in [2.75, 3.05) is 27.7 Å². The molecule has 3 aromatic carbocycles. The lowest BCUT2D eigenvalue weighted by Gasteiger charge is -2.21. The third-order valence-corrected chi connectivity index (χ3v) is 5.13. The van der Waals surface area contributed by atoms with Gasteiger partial charge < -0.3 is 20.3 Å². The van der Waals surface area contributed by atoms with E-state index in [9.17, 15) is 4.79 Å². The van der Waals surface area contributed by atoms with Gasteiger partial charge in [-0.1, -0.05) is 54.6 Å². The summed E-state index contributed by atoms with van der Waals surface area (Å²) in [6.07, 6.45) is 0. The van der Waals surface area contributed by atoms with Crippen LogP contribution in [-0.4, -0.2) is 44.5 Å². The number of guanidine groups is 1. The van der Waals surface area contributed by atoms with Crippen molar-refractivity contribution in [2.45, 2.75) is 19.5 Å². The van der Waals surface area contributed by atoms with Crippen LogP contribution in [0.5, 0.6) is 5.75 Å². The fraction of sp³-hybridized carbons (Fsp3) is 0.280. The van der Waals surface area contributed by atoms with Crippen LogP contribution in [0.25, 0.3) is 10.8 Å². The topological polar surface area (TPSA) is 66.0 Å². The van der Waals surface area contributed by atoms with Crippen molar-refractivity contribution in [1.29, 1.82) is 0 Å². The highest BCUT2D eigenvalue weighted by atomic mass is 127. The third kappa shape index (κ3) is 6.85. The van der Waals surface area contributed by atoms with Crippen molar-refractivity contribution in [3.8, 4) is 5.75 Å². The second kappa shape index (κ2) is 12.3. The van der Waals surface area contributed by atoms with Crippen molar-refractivity contribution in [3.63, 3.8) is 0 Å². The number of hydrogen-bond acceptors (Lipinski definition) is 3. The van der Waals surface area contributed by atoms with Crippen molar-refractivity contribution in [1.82, 2.24) is 15.5 Å². The van der Waals surface area contributed by atoms with E-state index in [1.807, 2.05) is 36.4 Å². The lowest BCUT2D eigenvalue weighted by atomic mass is 10.00. The number of ether oxygens (including phenoxy) is 1. The van der Waals surface area contributed by atoms with Crippen LogP contribution in [0.2, 0.25) is 0 Å². The number of aliphatic imine (C=N–C) groups is 1. The summed E-state index contributed by atoms with van der Waals surface area (Å²) in [5, 5.41) is 9.01. The standard InChI is InChI=1S/C25H30N4O2.HI/c1-18(22-11-7-9-20-8-5-6-10-23(20)22)28-25(27-17-24(30)29(2)3)26-16-19-12-14-21(31-4)15-13-19;/h5-15,18H,16-17H2,1-4H3,(H2,26,27,28);1H. The predicted molar refractivity (Wildman–Crippen MR) is 142 cm³/mol. The Kier molecular flexibility index (Phi) is 9.77. The SMILES string of the molecule is COc1ccc(CN=C(NCC(=O)N(C)C)NC(C)c2cccc3ccccc23)cc1.I. The summed E-state index contributed by atoms with van der Waals surface area (Å²) in [5.74, 6) is 1.38. The summed E-state index contributed by atoms with van der Waals surface area (Å²) in [6, 6.07) is 22.4. The molecular weight excluding hydrogens is 515 g/mol. The fourth-order valence-electron chi connectivity index (χ4n) is 3.28. The molecule has 0 bridgehead atoms. The Morgan fingerprint density at radius 2 is 1.72 bits per heavy atom. The lowest BCUT2D eigenvalue weighted by molar-refractivity contribution is -0.127. The summed E-state index contributed by atoms with van der Waals surface area (Å²) < 4.78 is 5.22. The molecule has 0 heterocycles. The fourth-order valence-corrected chi connectivity index (χ4v) is 3.28. The number of nitrogens with zero attached hydrogens (tertiary/aromatic N) is 2. The van der Waals surface area contributed by atoms with Crippen LogP contribution in [0.3, 0.4) is 0 Å². The summed E-state index contributed by atoms with van der Waals surface area (Å²) in [7, 11) is 5.13. The van der Waals surface area contributed by atoms with E-state index in [1.54, 1.807) is 26.1 Å². The maximum atomic E-state index is 12.1. The molecule has 1 amide bonds. The molecule has 3 aromatic rings. The molecule has 0 saturated heterocycles. The Balaban J connectivity index is 0.00000363. The van der Waals surface area contributed by atoms with Crippen LogP contribution >= 0.6 is 24.0 Å². The predicted octanol–water partition coefficient (Wildman–Crippen LogP) is 4.35. The van der Waals surface area contributed by atoms with Crippen molar-refractivity contribution in [2.24, 2.45) is 4.99 Å². The molecule has 0 saturated carbocycles. The molecule has 0 aliphatic rings. The van der Waals surface area contributed by atoms with Crippen LogP contribution in [0.1, 0.15) is 24.1 Å². The first kappa shape index (κ1) is 25.5. The molecule has 6 nitrogen and oxygen atoms in total. The number of hydrogen-bond donors (Lipinski definition) is 2. The number of carbonyl (C=O) groups is 1. The summed E-state index contributed by atoms with van der Waals surface area (Å²) >= 11 is 0. The van der Waals surface area contributed by atoms with E-state index in [4.69, 9.17) is 9.73 Å². The van der Waals surface area contributed by atoms with Crippen LogP contribution in [0, 0.1) is 0 Å². The number of amides is 1. The van der Waals surface area contributed by atoms with E-state index in [0.717, 1.165) is 11.3 Å². The molecule has 0 aliphatic carbocycles. The maximum Gasteiger partial charge on any atom is 0.241 e. The molecule has 7 heteroatoms. The monoisotopic (exact) mass is 546 g/mol. The van der Waals surface area contributed by atoms with Gasteiger partial charge in [0.25, 0.3) is 0 Å². The summed E-state index contributed by atoms with van der Waals surface area (Å²) in [4.78, 5) is 18.4. The van der Waals surface area contributed by atoms with Gasteiger partial charge in [0.05, 0.1) is 26.2 Å². The molecule has 1 unspecified atom stereocenters. The molecular formula is C25H31IN4O2. The van der Waals surface area contributed by atoms with E-state index in [2.05, 4.69) is 47.9 Å². The number of likely N-dealkylation sites (N-methyl/N-ethyl adjacent to an activating group) is 1. The highest BCUT2D eigenvalue weighted by molar-refractivity contribution is 14.0. The Morgan fingerprint density at radius 3 is 2.41 bits per heavy atom. The van der Waals surface area contributed by atoms with Crippen LogP contribution in [-0.2, 0) is 11.3 Å². The molecule has 0 spiro atoms. The highest BCUT2D eigenvalue weighted by Crippen LogP contribution is 2.24. The molecule has 0 aromatic heterocycles. The van der Waals surface area contributed by atoms with Gasteiger partial charge in [-0.2, -0.15) is 0 Å². The molecule has 170 valence electrons. The average molecular weight is 546 g/mol. The van der Waals surface area contributed by atoms with E-state index >= 15 is 0 Å². The molecule has 1 atom stereocenters. The normalized spacial score (nSPS) is 11.9. The number of fused-ring (bicyclic) bond motifs is 1. The number of rotatable bonds is 7. The number of benzene rings is 3. The van der Waals surface area contributed by atoms with Gasteiger partial charge in [-0.3, -0.25) is 4.79 Å². The van der Waals surface area contributed by atoms with Gasteiger partial charge in [0.2, 0.25) is 5.91 Å². The van der Waals surface area contributed by atoms with Gasteiger partial charge in [0, 0.05) is 14.1 Å². The van der Waals surface area contributed by atoms with Gasteiger partial charge in [-0.05, 0) is 41.0 Å². The molecule has 2 N–H and O–H groups in total. The zero-order chi connectivity index (χ0) is 22.2. The molecule has 32 heavy (non-hydrogen) atoms. The Bertz CT molecular complexity index is 1050. The lowest BCUT2D eigenvalue weighted by Crippen LogP contribution is -2.43. The van der Waals surface area contributed by atoms with E-state index in [0.29, 0.717) is 12.5 Å². The van der Waals surface area contributed by atoms with Crippen LogP contribution in [0.15, 0.2) is 71.7 Å². The average Bonchev–Trinajstić information content (AvgIpc) is 2.80. The number of methoxy groups -OCH3 is 1. The molecule has 0 aliphatic heterocycles. The van der Waals surface area contributed by atoms with E-state index in [1.165, 1.54) is 16.3 Å². The third-order valence-electron chi connectivity index (χ3n) is 5.13. The summed E-state index contributed by atoms with van der Waals surface area (Å²) in [6.45, 7) is 2.75. The van der Waals surface area contributed by atoms with E-state index in [-0.39, 0.29) is 42.5 Å². The first-order valence-corrected chi connectivity index (χ1v) is 10.3. The molecule has 3 rings (SSSR count).